The van der Waals surface area contributed by atoms with Crippen molar-refractivity contribution in [3.05, 3.63) is 0 Å². The van der Waals surface area contributed by atoms with Crippen molar-refractivity contribution in [1.82, 2.24) is 15.1 Å². The molecule has 5 heteroatoms. The number of piperidine rings is 1. The highest BCUT2D eigenvalue weighted by Crippen LogP contribution is 2.35. The van der Waals surface area contributed by atoms with Crippen LogP contribution in [0.25, 0.3) is 0 Å². The molecule has 0 aromatic carbocycles. The normalized spacial score (nSPS) is 30.4. The molecule has 20 heavy (non-hydrogen) atoms. The van der Waals surface area contributed by atoms with Crippen LogP contribution in [0.3, 0.4) is 0 Å². The van der Waals surface area contributed by atoms with Crippen LogP contribution in [0.5, 0.6) is 0 Å². The molecule has 2 aliphatic heterocycles. The molecule has 0 aromatic rings. The summed E-state index contributed by atoms with van der Waals surface area (Å²) in [5.41, 5.74) is 0. The maximum atomic E-state index is 12.6. The van der Waals surface area contributed by atoms with Crippen molar-refractivity contribution in [1.29, 1.82) is 0 Å². The molecule has 2 atom stereocenters. The van der Waals surface area contributed by atoms with E-state index in [1.807, 2.05) is 0 Å². The average Bonchev–Trinajstić information content (AvgIpc) is 2.35. The van der Waals surface area contributed by atoms with Gasteiger partial charge < -0.3 is 10.2 Å². The first-order valence-electron chi connectivity index (χ1n) is 7.96. The SMILES string of the molecule is CN(CC(=O)N1CCCC2CCCCC21)C1CNC1.Cl. The Morgan fingerprint density at radius 1 is 1.20 bits per heavy atom. The zero-order chi connectivity index (χ0) is 13.2. The number of rotatable bonds is 3. The minimum atomic E-state index is 0. The molecule has 0 radical (unpaired) electrons. The molecule has 1 aliphatic carbocycles. The number of likely N-dealkylation sites (tertiary alicyclic amines) is 1. The number of likely N-dealkylation sites (N-methyl/N-ethyl adjacent to an activating group) is 1. The van der Waals surface area contributed by atoms with E-state index in [0.717, 1.165) is 25.6 Å². The largest absolute Gasteiger partial charge is 0.338 e. The lowest BCUT2D eigenvalue weighted by atomic mass is 9.78. The highest BCUT2D eigenvalue weighted by molar-refractivity contribution is 5.85. The summed E-state index contributed by atoms with van der Waals surface area (Å²) in [4.78, 5) is 17.0. The van der Waals surface area contributed by atoms with E-state index in [1.165, 1.54) is 38.5 Å². The van der Waals surface area contributed by atoms with E-state index >= 15 is 0 Å². The van der Waals surface area contributed by atoms with Crippen LogP contribution in [0, 0.1) is 5.92 Å². The number of hydrogen-bond acceptors (Lipinski definition) is 3. The van der Waals surface area contributed by atoms with Gasteiger partial charge in [-0.2, -0.15) is 0 Å². The number of nitrogens with zero attached hydrogens (tertiary/aromatic N) is 2. The van der Waals surface area contributed by atoms with Crippen molar-refractivity contribution in [3.63, 3.8) is 0 Å². The van der Waals surface area contributed by atoms with Crippen molar-refractivity contribution >= 4 is 18.3 Å². The van der Waals surface area contributed by atoms with Gasteiger partial charge >= 0.3 is 0 Å². The van der Waals surface area contributed by atoms with Crippen molar-refractivity contribution in [3.8, 4) is 0 Å². The van der Waals surface area contributed by atoms with Gasteiger partial charge in [0.2, 0.25) is 5.91 Å². The van der Waals surface area contributed by atoms with Crippen LogP contribution in [0.4, 0.5) is 0 Å². The Hall–Kier alpha value is -0.320. The number of carbonyl (C=O) groups is 1. The Balaban J connectivity index is 0.00000147. The van der Waals surface area contributed by atoms with Crippen LogP contribution < -0.4 is 5.32 Å². The highest BCUT2D eigenvalue weighted by Gasteiger charge is 2.36. The molecule has 2 saturated heterocycles. The third kappa shape index (κ3) is 3.29. The molecule has 3 rings (SSSR count). The van der Waals surface area contributed by atoms with E-state index in [4.69, 9.17) is 0 Å². The summed E-state index contributed by atoms with van der Waals surface area (Å²) in [6.45, 7) is 3.68. The molecular weight excluding hydrogens is 274 g/mol. The maximum Gasteiger partial charge on any atom is 0.237 e. The van der Waals surface area contributed by atoms with Gasteiger partial charge in [0.25, 0.3) is 0 Å². The van der Waals surface area contributed by atoms with Gasteiger partial charge in [-0.3, -0.25) is 9.69 Å². The smallest absolute Gasteiger partial charge is 0.237 e. The minimum Gasteiger partial charge on any atom is -0.338 e. The van der Waals surface area contributed by atoms with E-state index in [-0.39, 0.29) is 12.4 Å². The molecule has 4 nitrogen and oxygen atoms in total. The average molecular weight is 302 g/mol. The van der Waals surface area contributed by atoms with Gasteiger partial charge in [0.05, 0.1) is 6.54 Å². The summed E-state index contributed by atoms with van der Waals surface area (Å²) in [6.07, 6.45) is 7.82. The molecule has 2 heterocycles. The quantitative estimate of drug-likeness (QED) is 0.858. The molecular formula is C15H28ClN3O. The van der Waals surface area contributed by atoms with E-state index in [0.29, 0.717) is 24.5 Å². The Morgan fingerprint density at radius 2 is 1.90 bits per heavy atom. The fourth-order valence-electron chi connectivity index (χ4n) is 3.95. The van der Waals surface area contributed by atoms with Crippen LogP contribution in [0.15, 0.2) is 0 Å². The third-order valence-corrected chi connectivity index (χ3v) is 5.33. The first-order valence-corrected chi connectivity index (χ1v) is 7.96. The van der Waals surface area contributed by atoms with E-state index < -0.39 is 0 Å². The standard InChI is InChI=1S/C15H27N3O.ClH/c1-17(13-9-16-10-13)11-15(19)18-8-4-6-12-5-2-3-7-14(12)18;/h12-14,16H,2-11H2,1H3;1H. The number of carbonyl (C=O) groups excluding carboxylic acids is 1. The van der Waals surface area contributed by atoms with E-state index in [2.05, 4.69) is 22.2 Å². The first kappa shape index (κ1) is 16.1. The van der Waals surface area contributed by atoms with Gasteiger partial charge in [-0.1, -0.05) is 12.8 Å². The molecule has 1 amide bonds. The molecule has 116 valence electrons. The van der Waals surface area contributed by atoms with Crippen LogP contribution in [-0.4, -0.2) is 61.0 Å². The lowest BCUT2D eigenvalue weighted by Gasteiger charge is -2.45. The summed E-state index contributed by atoms with van der Waals surface area (Å²) in [7, 11) is 2.09. The van der Waals surface area contributed by atoms with Gasteiger partial charge in [0, 0.05) is 31.7 Å². The van der Waals surface area contributed by atoms with Gasteiger partial charge in [0.15, 0.2) is 0 Å². The van der Waals surface area contributed by atoms with Crippen LogP contribution in [0.2, 0.25) is 0 Å². The Bertz CT molecular complexity index is 333. The van der Waals surface area contributed by atoms with Crippen molar-refractivity contribution in [2.45, 2.75) is 50.6 Å². The second-order valence-electron chi connectivity index (χ2n) is 6.57. The lowest BCUT2D eigenvalue weighted by molar-refractivity contribution is -0.139. The summed E-state index contributed by atoms with van der Waals surface area (Å²) >= 11 is 0. The van der Waals surface area contributed by atoms with Crippen molar-refractivity contribution in [2.75, 3.05) is 33.2 Å². The molecule has 3 aliphatic rings. The number of fused-ring (bicyclic) bond motifs is 1. The Kier molecular flexibility index (Phi) is 5.70. The fraction of sp³-hybridized carbons (Fsp3) is 0.933. The summed E-state index contributed by atoms with van der Waals surface area (Å²) in [6, 6.07) is 1.12. The second kappa shape index (κ2) is 7.10. The Labute approximate surface area is 128 Å². The van der Waals surface area contributed by atoms with E-state index in [1.54, 1.807) is 0 Å². The second-order valence-corrected chi connectivity index (χ2v) is 6.57. The third-order valence-electron chi connectivity index (χ3n) is 5.33. The number of amides is 1. The fourth-order valence-corrected chi connectivity index (χ4v) is 3.95. The first-order chi connectivity index (χ1) is 9.25. The molecule has 1 saturated carbocycles. The van der Waals surface area contributed by atoms with Gasteiger partial charge in [-0.15, -0.1) is 12.4 Å². The topological polar surface area (TPSA) is 35.6 Å². The number of hydrogen-bond donors (Lipinski definition) is 1. The molecule has 3 fully saturated rings. The van der Waals surface area contributed by atoms with Crippen LogP contribution >= 0.6 is 12.4 Å². The molecule has 1 N–H and O–H groups in total. The van der Waals surface area contributed by atoms with Gasteiger partial charge in [0.1, 0.15) is 0 Å². The number of halogens is 1. The maximum absolute atomic E-state index is 12.6. The molecule has 2 unspecified atom stereocenters. The molecule has 0 aromatic heterocycles. The summed E-state index contributed by atoms with van der Waals surface area (Å²) in [5, 5.41) is 3.27. The monoisotopic (exact) mass is 301 g/mol. The predicted molar refractivity (Wildman–Crippen MR) is 83.2 cm³/mol. The minimum absolute atomic E-state index is 0. The zero-order valence-corrected chi connectivity index (χ0v) is 13.3. The summed E-state index contributed by atoms with van der Waals surface area (Å²) in [5.74, 6) is 1.16. The van der Waals surface area contributed by atoms with Crippen LogP contribution in [-0.2, 0) is 4.79 Å². The van der Waals surface area contributed by atoms with Crippen molar-refractivity contribution in [2.24, 2.45) is 5.92 Å². The van der Waals surface area contributed by atoms with Crippen molar-refractivity contribution < 1.29 is 4.79 Å². The Morgan fingerprint density at radius 3 is 2.60 bits per heavy atom. The lowest BCUT2D eigenvalue weighted by Crippen LogP contribution is -2.59. The number of nitrogens with one attached hydrogen (secondary N) is 1. The van der Waals surface area contributed by atoms with Crippen LogP contribution in [0.1, 0.15) is 38.5 Å². The van der Waals surface area contributed by atoms with Gasteiger partial charge in [-0.25, -0.2) is 0 Å². The van der Waals surface area contributed by atoms with E-state index in [9.17, 15) is 4.79 Å². The predicted octanol–water partition coefficient (Wildman–Crippen LogP) is 1.49. The van der Waals surface area contributed by atoms with Gasteiger partial charge in [-0.05, 0) is 38.6 Å². The highest BCUT2D eigenvalue weighted by atomic mass is 35.5. The summed E-state index contributed by atoms with van der Waals surface area (Å²) < 4.78 is 0. The molecule has 0 bridgehead atoms. The molecule has 0 spiro atoms. The zero-order valence-electron chi connectivity index (χ0n) is 12.5.